The second kappa shape index (κ2) is 12.9. The van der Waals surface area contributed by atoms with Crippen molar-refractivity contribution in [3.63, 3.8) is 0 Å². The number of hydrogen-bond donors (Lipinski definition) is 2. The fourth-order valence-electron chi connectivity index (χ4n) is 2.26. The minimum Gasteiger partial charge on any atom is -0.497 e. The first-order chi connectivity index (χ1) is 13.1. The molecule has 1 heterocycles. The largest absolute Gasteiger partial charge is 0.497 e. The van der Waals surface area contributed by atoms with E-state index in [-0.39, 0.29) is 36.4 Å². The summed E-state index contributed by atoms with van der Waals surface area (Å²) in [5.41, 5.74) is 2.06. The highest BCUT2D eigenvalue weighted by Crippen LogP contribution is 2.11. The van der Waals surface area contributed by atoms with E-state index >= 15 is 0 Å². The van der Waals surface area contributed by atoms with Gasteiger partial charge in [-0.05, 0) is 36.2 Å². The molecule has 152 valence electrons. The van der Waals surface area contributed by atoms with E-state index in [1.54, 1.807) is 32.3 Å². The minimum absolute atomic E-state index is 0. The van der Waals surface area contributed by atoms with Crippen LogP contribution in [0.25, 0.3) is 0 Å². The molecule has 2 rings (SSSR count). The molecule has 1 amide bonds. The Labute approximate surface area is 183 Å². The van der Waals surface area contributed by atoms with Crippen LogP contribution in [-0.2, 0) is 17.8 Å². The number of guanidine groups is 1. The standard InChI is InChI=1S/C20H27N5O2.HI/c1-25(2)19(26)15-24-20(23-14-17-6-4-5-12-21-17)22-13-11-16-7-9-18(27-3)10-8-16;/h4-10,12H,11,13-15H2,1-3H3,(H2,22,23,24);1H. The molecule has 0 unspecified atom stereocenters. The van der Waals surface area contributed by atoms with Crippen LogP contribution in [0.3, 0.4) is 0 Å². The van der Waals surface area contributed by atoms with Crippen molar-refractivity contribution in [1.29, 1.82) is 0 Å². The van der Waals surface area contributed by atoms with Gasteiger partial charge in [-0.1, -0.05) is 18.2 Å². The van der Waals surface area contributed by atoms with Crippen molar-refractivity contribution in [3.05, 3.63) is 59.9 Å². The fourth-order valence-corrected chi connectivity index (χ4v) is 2.26. The molecule has 1 aromatic heterocycles. The zero-order chi connectivity index (χ0) is 19.5. The lowest BCUT2D eigenvalue weighted by Crippen LogP contribution is -2.43. The molecular weight excluding hydrogens is 469 g/mol. The Hall–Kier alpha value is -2.36. The van der Waals surface area contributed by atoms with Crippen molar-refractivity contribution in [3.8, 4) is 5.75 Å². The second-order valence-electron chi connectivity index (χ2n) is 6.15. The number of aromatic nitrogens is 1. The Bertz CT molecular complexity index is 736. The van der Waals surface area contributed by atoms with E-state index in [1.807, 2.05) is 42.5 Å². The van der Waals surface area contributed by atoms with Crippen LogP contribution < -0.4 is 15.4 Å². The molecule has 0 bridgehead atoms. The fraction of sp³-hybridized carbons (Fsp3) is 0.350. The van der Waals surface area contributed by atoms with Gasteiger partial charge >= 0.3 is 0 Å². The number of hydrogen-bond acceptors (Lipinski definition) is 4. The molecule has 28 heavy (non-hydrogen) atoms. The molecule has 0 radical (unpaired) electrons. The van der Waals surface area contributed by atoms with Crippen LogP contribution in [0.1, 0.15) is 11.3 Å². The van der Waals surface area contributed by atoms with Crippen molar-refractivity contribution in [2.45, 2.75) is 13.0 Å². The topological polar surface area (TPSA) is 78.8 Å². The number of rotatable bonds is 8. The van der Waals surface area contributed by atoms with E-state index in [4.69, 9.17) is 4.74 Å². The van der Waals surface area contributed by atoms with Crippen molar-refractivity contribution < 1.29 is 9.53 Å². The third-order valence-electron chi connectivity index (χ3n) is 3.90. The number of ether oxygens (including phenoxy) is 1. The van der Waals surface area contributed by atoms with E-state index in [1.165, 1.54) is 5.56 Å². The summed E-state index contributed by atoms with van der Waals surface area (Å²) in [6.45, 7) is 1.31. The summed E-state index contributed by atoms with van der Waals surface area (Å²) in [6.07, 6.45) is 2.57. The quantitative estimate of drug-likeness (QED) is 0.332. The second-order valence-corrected chi connectivity index (χ2v) is 6.15. The molecule has 0 aliphatic heterocycles. The van der Waals surface area contributed by atoms with E-state index in [9.17, 15) is 4.79 Å². The van der Waals surface area contributed by atoms with E-state index in [0.717, 1.165) is 17.9 Å². The average molecular weight is 497 g/mol. The molecule has 0 aliphatic rings. The molecule has 0 saturated heterocycles. The van der Waals surface area contributed by atoms with Crippen molar-refractivity contribution in [1.82, 2.24) is 20.5 Å². The Morgan fingerprint density at radius 3 is 2.50 bits per heavy atom. The number of aliphatic imine (C=N–C) groups is 1. The van der Waals surface area contributed by atoms with Gasteiger partial charge in [0, 0.05) is 26.8 Å². The van der Waals surface area contributed by atoms with Crippen LogP contribution in [0.2, 0.25) is 0 Å². The summed E-state index contributed by atoms with van der Waals surface area (Å²) in [4.78, 5) is 22.2. The molecule has 8 heteroatoms. The Kier molecular flexibility index (Phi) is 10.9. The summed E-state index contributed by atoms with van der Waals surface area (Å²) in [5, 5.41) is 6.35. The number of likely N-dealkylation sites (N-methyl/N-ethyl adjacent to an activating group) is 1. The van der Waals surface area contributed by atoms with Gasteiger partial charge in [-0.2, -0.15) is 0 Å². The van der Waals surface area contributed by atoms with Gasteiger partial charge in [0.15, 0.2) is 5.96 Å². The lowest BCUT2D eigenvalue weighted by atomic mass is 10.1. The van der Waals surface area contributed by atoms with Gasteiger partial charge in [0.25, 0.3) is 0 Å². The molecule has 0 atom stereocenters. The number of carbonyl (C=O) groups excluding carboxylic acids is 1. The predicted molar refractivity (Wildman–Crippen MR) is 122 cm³/mol. The van der Waals surface area contributed by atoms with Gasteiger partial charge in [0.1, 0.15) is 5.75 Å². The summed E-state index contributed by atoms with van der Waals surface area (Å²) < 4.78 is 5.17. The number of halogens is 1. The number of methoxy groups -OCH3 is 1. The zero-order valence-electron chi connectivity index (χ0n) is 16.5. The maximum Gasteiger partial charge on any atom is 0.241 e. The third-order valence-corrected chi connectivity index (χ3v) is 3.90. The van der Waals surface area contributed by atoms with Gasteiger partial charge < -0.3 is 20.3 Å². The smallest absolute Gasteiger partial charge is 0.241 e. The molecule has 0 aliphatic carbocycles. The number of carbonyl (C=O) groups is 1. The minimum atomic E-state index is -0.0162. The highest BCUT2D eigenvalue weighted by Gasteiger charge is 2.06. The van der Waals surface area contributed by atoms with Gasteiger partial charge in [0.2, 0.25) is 5.91 Å². The summed E-state index contributed by atoms with van der Waals surface area (Å²) in [7, 11) is 5.11. The Balaban J connectivity index is 0.00000392. The zero-order valence-corrected chi connectivity index (χ0v) is 18.8. The number of nitrogens with zero attached hydrogens (tertiary/aromatic N) is 3. The Morgan fingerprint density at radius 1 is 1.14 bits per heavy atom. The van der Waals surface area contributed by atoms with Crippen LogP contribution in [0, 0.1) is 0 Å². The number of benzene rings is 1. The van der Waals surface area contributed by atoms with E-state index < -0.39 is 0 Å². The SMILES string of the molecule is COc1ccc(CCNC(=NCc2ccccn2)NCC(=O)N(C)C)cc1.I. The number of pyridine rings is 1. The third kappa shape index (κ3) is 8.55. The first-order valence-corrected chi connectivity index (χ1v) is 8.83. The van der Waals surface area contributed by atoms with E-state index in [0.29, 0.717) is 19.0 Å². The number of amides is 1. The molecule has 2 N–H and O–H groups in total. The van der Waals surface area contributed by atoms with Crippen LogP contribution in [-0.4, -0.2) is 56.0 Å². The number of nitrogens with one attached hydrogen (secondary N) is 2. The first kappa shape index (κ1) is 23.7. The summed E-state index contributed by atoms with van der Waals surface area (Å²) in [5.74, 6) is 1.41. The Morgan fingerprint density at radius 2 is 1.89 bits per heavy atom. The average Bonchev–Trinajstić information content (AvgIpc) is 2.70. The van der Waals surface area contributed by atoms with Crippen LogP contribution in [0.15, 0.2) is 53.7 Å². The first-order valence-electron chi connectivity index (χ1n) is 8.83. The molecule has 1 aromatic carbocycles. The van der Waals surface area contributed by atoms with Crippen molar-refractivity contribution in [2.24, 2.45) is 4.99 Å². The molecule has 0 spiro atoms. The van der Waals surface area contributed by atoms with E-state index in [2.05, 4.69) is 20.6 Å². The predicted octanol–water partition coefficient (Wildman–Crippen LogP) is 2.07. The van der Waals surface area contributed by atoms with Crippen molar-refractivity contribution in [2.75, 3.05) is 34.3 Å². The molecule has 0 fully saturated rings. The van der Waals surface area contributed by atoms with Gasteiger partial charge in [0.05, 0.1) is 25.9 Å². The van der Waals surface area contributed by atoms with Gasteiger partial charge in [-0.3, -0.25) is 9.78 Å². The van der Waals surface area contributed by atoms with Crippen molar-refractivity contribution >= 4 is 35.8 Å². The lowest BCUT2D eigenvalue weighted by Gasteiger charge is -2.15. The highest BCUT2D eigenvalue weighted by molar-refractivity contribution is 14.0. The summed E-state index contributed by atoms with van der Waals surface area (Å²) in [6, 6.07) is 13.7. The maximum atomic E-state index is 11.8. The van der Waals surface area contributed by atoms with Gasteiger partial charge in [-0.25, -0.2) is 4.99 Å². The van der Waals surface area contributed by atoms with Crippen LogP contribution in [0.5, 0.6) is 5.75 Å². The van der Waals surface area contributed by atoms with Crippen LogP contribution in [0.4, 0.5) is 0 Å². The molecule has 0 saturated carbocycles. The maximum absolute atomic E-state index is 11.8. The highest BCUT2D eigenvalue weighted by atomic mass is 127. The summed E-state index contributed by atoms with van der Waals surface area (Å²) >= 11 is 0. The van der Waals surface area contributed by atoms with Gasteiger partial charge in [-0.15, -0.1) is 24.0 Å². The molecular formula is C20H28IN5O2. The van der Waals surface area contributed by atoms with Crippen LogP contribution >= 0.6 is 24.0 Å². The normalized spacial score (nSPS) is 10.6. The lowest BCUT2D eigenvalue weighted by molar-refractivity contribution is -0.127. The monoisotopic (exact) mass is 497 g/mol. The molecule has 7 nitrogen and oxygen atoms in total. The molecule has 2 aromatic rings.